The molecule has 24 heavy (non-hydrogen) atoms. The minimum absolute atomic E-state index is 0.250. The van der Waals surface area contributed by atoms with Crippen molar-refractivity contribution >= 4 is 40.2 Å². The number of piperidine rings is 1. The fourth-order valence-corrected chi connectivity index (χ4v) is 3.48. The minimum atomic E-state index is 0.250. The van der Waals surface area contributed by atoms with E-state index >= 15 is 0 Å². The van der Waals surface area contributed by atoms with Crippen molar-refractivity contribution in [3.8, 4) is 0 Å². The molecule has 2 aromatic rings. The van der Waals surface area contributed by atoms with Crippen molar-refractivity contribution in [1.29, 1.82) is 0 Å². The van der Waals surface area contributed by atoms with Crippen molar-refractivity contribution in [2.45, 2.75) is 44.6 Å². The Balaban J connectivity index is 0.000000647. The Bertz CT molecular complexity index is 652. The molecule has 0 aromatic carbocycles. The second kappa shape index (κ2) is 9.96. The van der Waals surface area contributed by atoms with Crippen molar-refractivity contribution in [1.82, 2.24) is 19.9 Å². The smallest absolute Gasteiger partial charge is 0.225 e. The highest BCUT2D eigenvalue weighted by atomic mass is 35.5. The quantitative estimate of drug-likeness (QED) is 0.501. The molecule has 1 fully saturated rings. The summed E-state index contributed by atoms with van der Waals surface area (Å²) in [6.45, 7) is 6.09. The number of nitrogens with zero attached hydrogens (tertiary/aromatic N) is 5. The van der Waals surface area contributed by atoms with Gasteiger partial charge in [-0.05, 0) is 50.0 Å². The minimum Gasteiger partial charge on any atom is -0.397 e. The molecule has 0 unspecified atom stereocenters. The van der Waals surface area contributed by atoms with E-state index in [4.69, 9.17) is 16.7 Å². The lowest BCUT2D eigenvalue weighted by Crippen LogP contribution is -2.30. The Labute approximate surface area is 152 Å². The third kappa shape index (κ3) is 4.91. The van der Waals surface area contributed by atoms with E-state index in [1.165, 1.54) is 19.3 Å². The third-order valence-electron chi connectivity index (χ3n) is 3.50. The summed E-state index contributed by atoms with van der Waals surface area (Å²) >= 11 is 7.83. The number of hydrogen-bond acceptors (Lipinski definition) is 7. The summed E-state index contributed by atoms with van der Waals surface area (Å²) in [6.07, 6.45) is 6.34. The van der Waals surface area contributed by atoms with Gasteiger partial charge in [-0.15, -0.1) is 11.8 Å². The van der Waals surface area contributed by atoms with E-state index in [1.54, 1.807) is 25.0 Å². The highest BCUT2D eigenvalue weighted by Gasteiger charge is 2.19. The van der Waals surface area contributed by atoms with Gasteiger partial charge < -0.3 is 10.0 Å². The van der Waals surface area contributed by atoms with Crippen molar-refractivity contribution in [3.05, 3.63) is 11.6 Å². The lowest BCUT2D eigenvalue weighted by atomic mass is 10.1. The summed E-state index contributed by atoms with van der Waals surface area (Å²) < 4.78 is 0. The Hall–Kier alpha value is -1.18. The first-order valence-electron chi connectivity index (χ1n) is 8.38. The fraction of sp³-hybridized carbons (Fsp3) is 0.625. The van der Waals surface area contributed by atoms with Crippen LogP contribution >= 0.6 is 23.4 Å². The molecule has 0 bridgehead atoms. The maximum atomic E-state index is 7.57. The van der Waals surface area contributed by atoms with E-state index in [0.29, 0.717) is 0 Å². The Kier molecular flexibility index (Phi) is 7.94. The van der Waals surface area contributed by atoms with E-state index < -0.39 is 0 Å². The molecule has 1 aliphatic rings. The number of thioether (sulfide) groups is 1. The Morgan fingerprint density at radius 3 is 2.50 bits per heavy atom. The highest BCUT2D eigenvalue weighted by molar-refractivity contribution is 7.99. The number of aliphatic hydroxyl groups excluding tert-OH is 1. The van der Waals surface area contributed by atoms with Crippen molar-refractivity contribution in [3.63, 3.8) is 0 Å². The molecule has 1 N–H and O–H groups in total. The molecule has 0 radical (unpaired) electrons. The normalized spacial score (nSPS) is 14.4. The van der Waals surface area contributed by atoms with Gasteiger partial charge in [0, 0.05) is 19.7 Å². The van der Waals surface area contributed by atoms with Gasteiger partial charge in [0.15, 0.2) is 5.82 Å². The van der Waals surface area contributed by atoms with Gasteiger partial charge in [-0.1, -0.05) is 6.92 Å². The van der Waals surface area contributed by atoms with Gasteiger partial charge in [-0.2, -0.15) is 4.98 Å². The number of aromatic nitrogens is 4. The van der Waals surface area contributed by atoms with Crippen LogP contribution in [0.4, 0.5) is 5.82 Å². The van der Waals surface area contributed by atoms with Crippen LogP contribution in [0.15, 0.2) is 11.4 Å². The molecule has 0 amide bonds. The number of hydrogen-bond donors (Lipinski definition) is 1. The zero-order valence-electron chi connectivity index (χ0n) is 14.2. The van der Waals surface area contributed by atoms with Crippen LogP contribution in [0.5, 0.6) is 0 Å². The molecule has 2 aromatic heterocycles. The van der Waals surface area contributed by atoms with Gasteiger partial charge in [0.2, 0.25) is 5.28 Å². The zero-order valence-corrected chi connectivity index (χ0v) is 15.8. The van der Waals surface area contributed by atoms with Gasteiger partial charge >= 0.3 is 0 Å². The standard InChI is InChI=1S/C14H18ClN5S.C2H6O/c1-2-8-21-13-11-10(16-9-17-13)12(19-14(15)18-11)20-6-4-3-5-7-20;1-2-3/h9H,2-8H2,1H3;3H,2H2,1H3. The van der Waals surface area contributed by atoms with Crippen LogP contribution in [0.25, 0.3) is 11.0 Å². The van der Waals surface area contributed by atoms with Crippen molar-refractivity contribution in [2.24, 2.45) is 0 Å². The molecule has 1 aliphatic heterocycles. The first-order chi connectivity index (χ1) is 11.7. The zero-order chi connectivity index (χ0) is 17.4. The largest absolute Gasteiger partial charge is 0.397 e. The van der Waals surface area contributed by atoms with Gasteiger partial charge in [-0.3, -0.25) is 0 Å². The monoisotopic (exact) mass is 369 g/mol. The first kappa shape index (κ1) is 19.1. The molecule has 0 atom stereocenters. The molecule has 132 valence electrons. The predicted molar refractivity (Wildman–Crippen MR) is 100.0 cm³/mol. The van der Waals surface area contributed by atoms with Gasteiger partial charge in [0.25, 0.3) is 0 Å². The summed E-state index contributed by atoms with van der Waals surface area (Å²) in [5, 5.41) is 8.74. The summed E-state index contributed by atoms with van der Waals surface area (Å²) in [6, 6.07) is 0. The summed E-state index contributed by atoms with van der Waals surface area (Å²) in [5.74, 6) is 1.86. The van der Waals surface area contributed by atoms with Crippen LogP contribution < -0.4 is 4.90 Å². The molecular formula is C16H24ClN5OS. The molecule has 3 heterocycles. The van der Waals surface area contributed by atoms with E-state index in [1.807, 2.05) is 0 Å². The lowest BCUT2D eigenvalue weighted by Gasteiger charge is -2.28. The first-order valence-corrected chi connectivity index (χ1v) is 9.74. The fourth-order valence-electron chi connectivity index (χ4n) is 2.52. The van der Waals surface area contributed by atoms with Crippen LogP contribution in [0.2, 0.25) is 5.28 Å². The Morgan fingerprint density at radius 2 is 1.83 bits per heavy atom. The molecular weight excluding hydrogens is 346 g/mol. The van der Waals surface area contributed by atoms with Crippen LogP contribution in [0.1, 0.15) is 39.5 Å². The highest BCUT2D eigenvalue weighted by Crippen LogP contribution is 2.30. The van der Waals surface area contributed by atoms with Crippen LogP contribution in [-0.4, -0.2) is 50.5 Å². The van der Waals surface area contributed by atoms with E-state index in [2.05, 4.69) is 31.8 Å². The molecule has 8 heteroatoms. The van der Waals surface area contributed by atoms with E-state index in [-0.39, 0.29) is 11.9 Å². The van der Waals surface area contributed by atoms with E-state index in [9.17, 15) is 0 Å². The third-order valence-corrected chi connectivity index (χ3v) is 4.85. The topological polar surface area (TPSA) is 75.0 Å². The summed E-state index contributed by atoms with van der Waals surface area (Å²) in [7, 11) is 0. The molecule has 0 saturated carbocycles. The molecule has 3 rings (SSSR count). The van der Waals surface area contributed by atoms with Crippen LogP contribution in [-0.2, 0) is 0 Å². The second-order valence-corrected chi connectivity index (χ2v) is 6.83. The van der Waals surface area contributed by atoms with Crippen molar-refractivity contribution < 1.29 is 5.11 Å². The van der Waals surface area contributed by atoms with Crippen molar-refractivity contribution in [2.75, 3.05) is 30.3 Å². The summed E-state index contributed by atoms with van der Waals surface area (Å²) in [4.78, 5) is 19.8. The Morgan fingerprint density at radius 1 is 1.12 bits per heavy atom. The van der Waals surface area contributed by atoms with Gasteiger partial charge in [0.05, 0.1) is 0 Å². The number of fused-ring (bicyclic) bond motifs is 1. The lowest BCUT2D eigenvalue weighted by molar-refractivity contribution is 0.318. The van der Waals surface area contributed by atoms with Crippen LogP contribution in [0, 0.1) is 0 Å². The van der Waals surface area contributed by atoms with Crippen LogP contribution in [0.3, 0.4) is 0 Å². The molecule has 0 spiro atoms. The number of rotatable bonds is 4. The number of anilines is 1. The second-order valence-electron chi connectivity index (χ2n) is 5.40. The predicted octanol–water partition coefficient (Wildman–Crippen LogP) is 3.56. The average Bonchev–Trinajstić information content (AvgIpc) is 2.61. The number of halogens is 1. The number of aliphatic hydroxyl groups is 1. The molecule has 0 aliphatic carbocycles. The SMILES string of the molecule is CCCSc1ncnc2c(N3CCCCC3)nc(Cl)nc12.CCO. The molecule has 1 saturated heterocycles. The molecule has 6 nitrogen and oxygen atoms in total. The maximum Gasteiger partial charge on any atom is 0.225 e. The summed E-state index contributed by atoms with van der Waals surface area (Å²) in [5.41, 5.74) is 1.59. The van der Waals surface area contributed by atoms with E-state index in [0.717, 1.165) is 47.1 Å². The maximum absolute atomic E-state index is 7.57. The average molecular weight is 370 g/mol. The van der Waals surface area contributed by atoms with Gasteiger partial charge in [-0.25, -0.2) is 15.0 Å². The van der Waals surface area contributed by atoms with Gasteiger partial charge in [0.1, 0.15) is 22.4 Å².